The summed E-state index contributed by atoms with van der Waals surface area (Å²) in [4.78, 5) is 0. The molecule has 0 spiro atoms. The van der Waals surface area contributed by atoms with Crippen molar-refractivity contribution < 1.29 is 22.3 Å². The summed E-state index contributed by atoms with van der Waals surface area (Å²) in [6, 6.07) is 10.7. The van der Waals surface area contributed by atoms with Crippen molar-refractivity contribution >= 4 is 21.9 Å². The fourth-order valence-electron chi connectivity index (χ4n) is 3.23. The van der Waals surface area contributed by atoms with Crippen LogP contribution in [0.2, 0.25) is 0 Å². The van der Waals surface area contributed by atoms with E-state index in [0.29, 0.717) is 29.4 Å². The van der Waals surface area contributed by atoms with Gasteiger partial charge < -0.3 is 16.1 Å². The van der Waals surface area contributed by atoms with Gasteiger partial charge in [0.05, 0.1) is 6.61 Å². The molecule has 1 aromatic heterocycles. The molecule has 5 heteroatoms. The molecule has 4 aromatic rings. The Bertz CT molecular complexity index is 1160. The molecule has 0 aliphatic heterocycles. The van der Waals surface area contributed by atoms with Crippen LogP contribution in [0.1, 0.15) is 12.5 Å². The number of benzene rings is 3. The van der Waals surface area contributed by atoms with E-state index < -0.39 is 17.5 Å². The molecule has 27 heavy (non-hydrogen) atoms. The first-order chi connectivity index (χ1) is 13.0. The van der Waals surface area contributed by atoms with Crippen LogP contribution >= 0.6 is 0 Å². The average molecular weight is 369 g/mol. The summed E-state index contributed by atoms with van der Waals surface area (Å²) in [5.41, 5.74) is 0.685. The Morgan fingerprint density at radius 1 is 0.889 bits per heavy atom. The summed E-state index contributed by atoms with van der Waals surface area (Å²) in [6.07, 6.45) is 0.434. The molecule has 0 unspecified atom stereocenters. The number of fused-ring (bicyclic) bond motifs is 3. The molecule has 0 atom stereocenters. The van der Waals surface area contributed by atoms with Crippen LogP contribution in [-0.2, 0) is 6.42 Å². The standard InChI is InChI=1S/C22H16F3O2/c1-3-12-5-6-13(17(23)11-12)14-7-8-15-16-9-10-18(26-4-2)20(25)22(16)27-21(15)19(14)24/h5-11H,1,3-4H2,2H3/q-1. The van der Waals surface area contributed by atoms with Crippen molar-refractivity contribution in [3.8, 4) is 16.9 Å². The minimum Gasteiger partial charge on any atom is -0.491 e. The number of halogens is 3. The Balaban J connectivity index is 1.94. The van der Waals surface area contributed by atoms with E-state index in [1.807, 2.05) is 0 Å². The molecule has 4 rings (SSSR count). The Kier molecular flexibility index (Phi) is 4.30. The third-order valence-electron chi connectivity index (χ3n) is 4.57. The molecule has 3 aromatic carbocycles. The van der Waals surface area contributed by atoms with Gasteiger partial charge >= 0.3 is 0 Å². The molecule has 0 N–H and O–H groups in total. The second-order valence-electron chi connectivity index (χ2n) is 6.16. The number of rotatable bonds is 4. The highest BCUT2D eigenvalue weighted by Gasteiger charge is 2.21. The number of ether oxygens (including phenoxy) is 1. The molecule has 1 heterocycles. The fraction of sp³-hybridized carbons (Fsp3) is 0.136. The van der Waals surface area contributed by atoms with E-state index in [-0.39, 0.29) is 28.0 Å². The van der Waals surface area contributed by atoms with E-state index in [1.54, 1.807) is 25.1 Å². The van der Waals surface area contributed by atoms with E-state index in [2.05, 4.69) is 6.92 Å². The quantitative estimate of drug-likeness (QED) is 0.386. The van der Waals surface area contributed by atoms with Crippen LogP contribution in [0.25, 0.3) is 33.1 Å². The van der Waals surface area contributed by atoms with Crippen LogP contribution < -0.4 is 4.74 Å². The number of hydrogen-bond acceptors (Lipinski definition) is 2. The van der Waals surface area contributed by atoms with Crippen molar-refractivity contribution in [1.82, 2.24) is 0 Å². The van der Waals surface area contributed by atoms with E-state index in [9.17, 15) is 8.78 Å². The van der Waals surface area contributed by atoms with Crippen LogP contribution in [0.3, 0.4) is 0 Å². The molecule has 138 valence electrons. The lowest BCUT2D eigenvalue weighted by Gasteiger charge is -2.08. The van der Waals surface area contributed by atoms with Crippen LogP contribution in [0.4, 0.5) is 13.2 Å². The smallest absolute Gasteiger partial charge is 0.208 e. The summed E-state index contributed by atoms with van der Waals surface area (Å²) >= 11 is 0. The van der Waals surface area contributed by atoms with Crippen LogP contribution in [0, 0.1) is 24.4 Å². The van der Waals surface area contributed by atoms with Gasteiger partial charge in [-0.3, -0.25) is 0 Å². The van der Waals surface area contributed by atoms with Gasteiger partial charge in [0.25, 0.3) is 0 Å². The highest BCUT2D eigenvalue weighted by molar-refractivity contribution is 6.06. The zero-order valence-corrected chi connectivity index (χ0v) is 14.6. The lowest BCUT2D eigenvalue weighted by atomic mass is 10.00. The topological polar surface area (TPSA) is 22.4 Å². The second-order valence-corrected chi connectivity index (χ2v) is 6.16. The third-order valence-corrected chi connectivity index (χ3v) is 4.57. The highest BCUT2D eigenvalue weighted by Crippen LogP contribution is 2.38. The summed E-state index contributed by atoms with van der Waals surface area (Å²) < 4.78 is 54.8. The third kappa shape index (κ3) is 2.74. The van der Waals surface area contributed by atoms with Gasteiger partial charge in [0.1, 0.15) is 5.82 Å². The zero-order chi connectivity index (χ0) is 19.1. The van der Waals surface area contributed by atoms with E-state index in [4.69, 9.17) is 9.15 Å². The number of furan rings is 1. The van der Waals surface area contributed by atoms with Crippen molar-refractivity contribution in [2.75, 3.05) is 6.61 Å². The van der Waals surface area contributed by atoms with E-state index in [1.165, 1.54) is 24.3 Å². The van der Waals surface area contributed by atoms with Gasteiger partial charge in [-0.25, -0.2) is 8.78 Å². The zero-order valence-electron chi connectivity index (χ0n) is 14.6. The van der Waals surface area contributed by atoms with Gasteiger partial charge in [0.2, 0.25) is 5.82 Å². The Hall–Kier alpha value is -2.95. The summed E-state index contributed by atoms with van der Waals surface area (Å²) in [7, 11) is 0. The lowest BCUT2D eigenvalue weighted by molar-refractivity contribution is 0.321. The van der Waals surface area contributed by atoms with Crippen molar-refractivity contribution in [2.24, 2.45) is 0 Å². The normalized spacial score (nSPS) is 11.4. The van der Waals surface area contributed by atoms with Crippen molar-refractivity contribution in [2.45, 2.75) is 13.3 Å². The first kappa shape index (κ1) is 17.5. The van der Waals surface area contributed by atoms with Crippen molar-refractivity contribution in [3.63, 3.8) is 0 Å². The molecular weight excluding hydrogens is 353 g/mol. The maximum atomic E-state index is 15.1. The maximum Gasteiger partial charge on any atom is 0.208 e. The van der Waals surface area contributed by atoms with Gasteiger partial charge in [0, 0.05) is 21.9 Å². The molecule has 0 bridgehead atoms. The Morgan fingerprint density at radius 2 is 1.56 bits per heavy atom. The lowest BCUT2D eigenvalue weighted by Crippen LogP contribution is -1.94. The maximum absolute atomic E-state index is 15.1. The number of hydrogen-bond donors (Lipinski definition) is 0. The molecule has 2 nitrogen and oxygen atoms in total. The van der Waals surface area contributed by atoms with Gasteiger partial charge in [-0.1, -0.05) is 23.8 Å². The van der Waals surface area contributed by atoms with Gasteiger partial charge in [0.15, 0.2) is 22.7 Å². The summed E-state index contributed by atoms with van der Waals surface area (Å²) in [6.45, 7) is 5.74. The Morgan fingerprint density at radius 3 is 2.22 bits per heavy atom. The van der Waals surface area contributed by atoms with Gasteiger partial charge in [-0.15, -0.1) is 0 Å². The summed E-state index contributed by atoms with van der Waals surface area (Å²) in [5, 5.41) is 0.854. The fourth-order valence-corrected chi connectivity index (χ4v) is 3.23. The molecule has 0 radical (unpaired) electrons. The van der Waals surface area contributed by atoms with Gasteiger partial charge in [-0.2, -0.15) is 10.8 Å². The average Bonchev–Trinajstić information content (AvgIpc) is 3.05. The molecule has 0 aliphatic rings. The van der Waals surface area contributed by atoms with Crippen LogP contribution in [0.15, 0.2) is 46.9 Å². The Labute approximate surface area is 154 Å². The second kappa shape index (κ2) is 6.65. The molecule has 0 fully saturated rings. The minimum absolute atomic E-state index is 0.0412. The van der Waals surface area contributed by atoms with Gasteiger partial charge in [-0.05, 0) is 31.2 Å². The molecule has 0 amide bonds. The first-order valence-corrected chi connectivity index (χ1v) is 8.59. The predicted octanol–water partition coefficient (Wildman–Crippen LogP) is 6.45. The minimum atomic E-state index is -0.734. The highest BCUT2D eigenvalue weighted by atomic mass is 19.1. The van der Waals surface area contributed by atoms with Crippen molar-refractivity contribution in [3.05, 3.63) is 72.4 Å². The first-order valence-electron chi connectivity index (χ1n) is 8.59. The molecule has 0 aliphatic carbocycles. The van der Waals surface area contributed by atoms with Crippen LogP contribution in [0.5, 0.6) is 5.75 Å². The predicted molar refractivity (Wildman–Crippen MR) is 99.3 cm³/mol. The summed E-state index contributed by atoms with van der Waals surface area (Å²) in [5.74, 6) is -1.92. The van der Waals surface area contributed by atoms with Crippen molar-refractivity contribution in [1.29, 1.82) is 0 Å². The molecule has 0 saturated carbocycles. The van der Waals surface area contributed by atoms with E-state index >= 15 is 4.39 Å². The molecule has 0 saturated heterocycles. The van der Waals surface area contributed by atoms with Crippen LogP contribution in [-0.4, -0.2) is 6.61 Å². The largest absolute Gasteiger partial charge is 0.491 e. The monoisotopic (exact) mass is 369 g/mol. The van der Waals surface area contributed by atoms with E-state index in [0.717, 1.165) is 0 Å². The molecular formula is C22H16F3O2-. The SMILES string of the molecule is [CH2-]Cc1ccc(-c2ccc3c(oc4c(F)c(OCC)ccc43)c2F)c(F)c1.